The molecule has 0 aliphatic heterocycles. The Bertz CT molecular complexity index is 660. The SMILES string of the molecule is Cc1nccn1-c1ncccc1NCCNC(=O)OC(C)(C)C. The highest BCUT2D eigenvalue weighted by Crippen LogP contribution is 2.17. The van der Waals surface area contributed by atoms with Crippen molar-refractivity contribution in [3.05, 3.63) is 36.5 Å². The van der Waals surface area contributed by atoms with E-state index in [2.05, 4.69) is 20.6 Å². The molecule has 2 aromatic heterocycles. The van der Waals surface area contributed by atoms with E-state index >= 15 is 0 Å². The van der Waals surface area contributed by atoms with Crippen LogP contribution in [-0.4, -0.2) is 39.3 Å². The monoisotopic (exact) mass is 317 g/mol. The maximum atomic E-state index is 11.6. The molecule has 2 heterocycles. The Morgan fingerprint density at radius 3 is 2.70 bits per heavy atom. The second-order valence-electron chi connectivity index (χ2n) is 6.07. The molecule has 0 saturated heterocycles. The summed E-state index contributed by atoms with van der Waals surface area (Å²) in [5, 5.41) is 5.98. The normalized spacial score (nSPS) is 11.1. The van der Waals surface area contributed by atoms with E-state index < -0.39 is 11.7 Å². The van der Waals surface area contributed by atoms with Gasteiger partial charge in [0.15, 0.2) is 5.82 Å². The van der Waals surface area contributed by atoms with E-state index in [9.17, 15) is 4.79 Å². The molecular weight excluding hydrogens is 294 g/mol. The van der Waals surface area contributed by atoms with Crippen LogP contribution in [0.15, 0.2) is 30.7 Å². The number of anilines is 1. The van der Waals surface area contributed by atoms with E-state index in [4.69, 9.17) is 4.74 Å². The maximum absolute atomic E-state index is 11.6. The molecule has 0 aromatic carbocycles. The summed E-state index contributed by atoms with van der Waals surface area (Å²) in [5.74, 6) is 1.64. The van der Waals surface area contributed by atoms with Crippen LogP contribution in [0.2, 0.25) is 0 Å². The Hall–Kier alpha value is -2.57. The minimum atomic E-state index is -0.493. The van der Waals surface area contributed by atoms with E-state index in [-0.39, 0.29) is 0 Å². The molecule has 7 nitrogen and oxygen atoms in total. The van der Waals surface area contributed by atoms with E-state index in [0.717, 1.165) is 17.3 Å². The molecule has 2 aromatic rings. The first-order valence-electron chi connectivity index (χ1n) is 7.53. The van der Waals surface area contributed by atoms with Crippen molar-refractivity contribution in [2.24, 2.45) is 0 Å². The van der Waals surface area contributed by atoms with Crippen LogP contribution in [0.3, 0.4) is 0 Å². The predicted octanol–water partition coefficient (Wildman–Crippen LogP) is 2.51. The molecule has 23 heavy (non-hydrogen) atoms. The average Bonchev–Trinajstić information content (AvgIpc) is 2.88. The van der Waals surface area contributed by atoms with Gasteiger partial charge in [-0.2, -0.15) is 0 Å². The number of rotatable bonds is 5. The molecule has 0 atom stereocenters. The number of carbonyl (C=O) groups excluding carboxylic acids is 1. The molecule has 0 saturated carbocycles. The summed E-state index contributed by atoms with van der Waals surface area (Å²) in [7, 11) is 0. The lowest BCUT2D eigenvalue weighted by atomic mass is 10.2. The van der Waals surface area contributed by atoms with Crippen molar-refractivity contribution in [1.82, 2.24) is 19.9 Å². The molecule has 124 valence electrons. The number of ether oxygens (including phenoxy) is 1. The molecule has 0 spiro atoms. The first-order valence-corrected chi connectivity index (χ1v) is 7.53. The quantitative estimate of drug-likeness (QED) is 0.828. The fourth-order valence-corrected chi connectivity index (χ4v) is 2.00. The third-order valence-corrected chi connectivity index (χ3v) is 2.95. The Balaban J connectivity index is 1.90. The van der Waals surface area contributed by atoms with Gasteiger partial charge in [0.25, 0.3) is 0 Å². The maximum Gasteiger partial charge on any atom is 0.407 e. The van der Waals surface area contributed by atoms with Crippen LogP contribution < -0.4 is 10.6 Å². The van der Waals surface area contributed by atoms with Crippen molar-refractivity contribution in [3.63, 3.8) is 0 Å². The minimum Gasteiger partial charge on any atom is -0.444 e. The van der Waals surface area contributed by atoms with E-state index in [1.807, 2.05) is 50.6 Å². The molecule has 2 N–H and O–H groups in total. The number of aryl methyl sites for hydroxylation is 1. The lowest BCUT2D eigenvalue weighted by Crippen LogP contribution is -2.35. The summed E-state index contributed by atoms with van der Waals surface area (Å²) < 4.78 is 7.09. The summed E-state index contributed by atoms with van der Waals surface area (Å²) >= 11 is 0. The Morgan fingerprint density at radius 2 is 2.04 bits per heavy atom. The van der Waals surface area contributed by atoms with Crippen molar-refractivity contribution >= 4 is 11.8 Å². The van der Waals surface area contributed by atoms with Crippen LogP contribution in [0.25, 0.3) is 5.82 Å². The van der Waals surface area contributed by atoms with E-state index in [0.29, 0.717) is 13.1 Å². The summed E-state index contributed by atoms with van der Waals surface area (Å²) in [4.78, 5) is 20.2. The van der Waals surface area contributed by atoms with Crippen LogP contribution >= 0.6 is 0 Å². The highest BCUT2D eigenvalue weighted by atomic mass is 16.6. The number of nitrogens with one attached hydrogen (secondary N) is 2. The smallest absolute Gasteiger partial charge is 0.407 e. The number of aromatic nitrogens is 3. The molecule has 0 aliphatic carbocycles. The highest BCUT2D eigenvalue weighted by Gasteiger charge is 2.15. The van der Waals surface area contributed by atoms with Gasteiger partial charge in [0.2, 0.25) is 0 Å². The van der Waals surface area contributed by atoms with Crippen molar-refractivity contribution in [3.8, 4) is 5.82 Å². The summed E-state index contributed by atoms with van der Waals surface area (Å²) in [6.07, 6.45) is 4.91. The zero-order chi connectivity index (χ0) is 16.9. The average molecular weight is 317 g/mol. The number of alkyl carbamates (subject to hydrolysis) is 1. The van der Waals surface area contributed by atoms with Gasteiger partial charge in [-0.1, -0.05) is 0 Å². The van der Waals surface area contributed by atoms with Crippen molar-refractivity contribution in [2.45, 2.75) is 33.3 Å². The van der Waals surface area contributed by atoms with Gasteiger partial charge >= 0.3 is 6.09 Å². The molecular formula is C16H23N5O2. The minimum absolute atomic E-state index is 0.420. The second-order valence-corrected chi connectivity index (χ2v) is 6.07. The van der Waals surface area contributed by atoms with E-state index in [1.54, 1.807) is 12.4 Å². The standard InChI is InChI=1S/C16H23N5O2/c1-12-17-10-11-21(12)14-13(6-5-7-19-14)18-8-9-20-15(22)23-16(2,3)4/h5-7,10-11,18H,8-9H2,1-4H3,(H,20,22). The van der Waals surface area contributed by atoms with Gasteiger partial charge in [0.1, 0.15) is 11.4 Å². The third kappa shape index (κ3) is 4.98. The molecule has 0 bridgehead atoms. The Morgan fingerprint density at radius 1 is 1.26 bits per heavy atom. The fraction of sp³-hybridized carbons (Fsp3) is 0.438. The van der Waals surface area contributed by atoms with Crippen LogP contribution in [-0.2, 0) is 4.74 Å². The molecule has 1 amide bonds. The number of amides is 1. The molecule has 0 aliphatic rings. The summed E-state index contributed by atoms with van der Waals surface area (Å²) in [6, 6.07) is 3.80. The third-order valence-electron chi connectivity index (χ3n) is 2.95. The zero-order valence-electron chi connectivity index (χ0n) is 14.0. The number of pyridine rings is 1. The van der Waals surface area contributed by atoms with Crippen LogP contribution in [0, 0.1) is 6.92 Å². The molecule has 0 fully saturated rings. The van der Waals surface area contributed by atoms with Crippen molar-refractivity contribution in [2.75, 3.05) is 18.4 Å². The van der Waals surface area contributed by atoms with Crippen LogP contribution in [0.4, 0.5) is 10.5 Å². The predicted molar refractivity (Wildman–Crippen MR) is 88.8 cm³/mol. The van der Waals surface area contributed by atoms with E-state index in [1.165, 1.54) is 0 Å². The van der Waals surface area contributed by atoms with Crippen molar-refractivity contribution in [1.29, 1.82) is 0 Å². The highest BCUT2D eigenvalue weighted by molar-refractivity contribution is 5.67. The van der Waals surface area contributed by atoms with Crippen molar-refractivity contribution < 1.29 is 9.53 Å². The fourth-order valence-electron chi connectivity index (χ4n) is 2.00. The van der Waals surface area contributed by atoms with Crippen LogP contribution in [0.1, 0.15) is 26.6 Å². The van der Waals surface area contributed by atoms with Gasteiger partial charge in [-0.3, -0.25) is 4.57 Å². The number of hydrogen-bond donors (Lipinski definition) is 2. The number of imidazole rings is 1. The molecule has 2 rings (SSSR count). The van der Waals surface area contributed by atoms with Gasteiger partial charge in [0, 0.05) is 31.7 Å². The lowest BCUT2D eigenvalue weighted by Gasteiger charge is -2.20. The summed E-state index contributed by atoms with van der Waals surface area (Å²) in [6.45, 7) is 8.43. The second kappa shape index (κ2) is 7.13. The Labute approximate surface area is 136 Å². The topological polar surface area (TPSA) is 81.1 Å². The van der Waals surface area contributed by atoms with Gasteiger partial charge in [-0.25, -0.2) is 14.8 Å². The first-order chi connectivity index (χ1) is 10.9. The lowest BCUT2D eigenvalue weighted by molar-refractivity contribution is 0.0530. The van der Waals surface area contributed by atoms with Gasteiger partial charge < -0.3 is 15.4 Å². The molecule has 0 unspecified atom stereocenters. The molecule has 7 heteroatoms. The largest absolute Gasteiger partial charge is 0.444 e. The van der Waals surface area contributed by atoms with Gasteiger partial charge in [0.05, 0.1) is 5.69 Å². The van der Waals surface area contributed by atoms with Gasteiger partial charge in [-0.05, 0) is 39.8 Å². The number of carbonyl (C=O) groups is 1. The number of hydrogen-bond acceptors (Lipinski definition) is 5. The van der Waals surface area contributed by atoms with Crippen LogP contribution in [0.5, 0.6) is 0 Å². The first kappa shape index (κ1) is 16.8. The molecule has 0 radical (unpaired) electrons. The Kier molecular flexibility index (Phi) is 5.20. The van der Waals surface area contributed by atoms with Gasteiger partial charge in [-0.15, -0.1) is 0 Å². The zero-order valence-corrected chi connectivity index (χ0v) is 14.0. The number of nitrogens with zero attached hydrogens (tertiary/aromatic N) is 3. The summed E-state index contributed by atoms with van der Waals surface area (Å²) in [5.41, 5.74) is 0.382.